The minimum Gasteiger partial charge on any atom is -0.389 e. The molecule has 1 aliphatic rings. The third-order valence-corrected chi connectivity index (χ3v) is 6.86. The summed E-state index contributed by atoms with van der Waals surface area (Å²) < 4.78 is 32.5. The van der Waals surface area contributed by atoms with Gasteiger partial charge in [-0.3, -0.25) is 4.31 Å². The van der Waals surface area contributed by atoms with E-state index in [9.17, 15) is 13.5 Å². The number of ether oxygens (including phenoxy) is 1. The maximum atomic E-state index is 12.8. The van der Waals surface area contributed by atoms with Crippen LogP contribution in [0.25, 0.3) is 10.8 Å². The van der Waals surface area contributed by atoms with Gasteiger partial charge in [0.2, 0.25) is 0 Å². The summed E-state index contributed by atoms with van der Waals surface area (Å²) in [6, 6.07) is 14.6. The molecule has 0 saturated carbocycles. The van der Waals surface area contributed by atoms with Crippen LogP contribution >= 0.6 is 11.3 Å². The maximum Gasteiger partial charge on any atom is 0.265 e. The van der Waals surface area contributed by atoms with Crippen molar-refractivity contribution in [1.82, 2.24) is 0 Å². The summed E-state index contributed by atoms with van der Waals surface area (Å²) >= 11 is 1.58. The second-order valence-corrected chi connectivity index (χ2v) is 8.78. The normalized spacial score (nSPS) is 16.4. The van der Waals surface area contributed by atoms with Crippen molar-refractivity contribution in [2.24, 2.45) is 0 Å². The van der Waals surface area contributed by atoms with Crippen molar-refractivity contribution >= 4 is 37.8 Å². The zero-order chi connectivity index (χ0) is 17.4. The van der Waals surface area contributed by atoms with E-state index in [2.05, 4.69) is 0 Å². The molecule has 5 nitrogen and oxygen atoms in total. The van der Waals surface area contributed by atoms with Crippen molar-refractivity contribution in [3.8, 4) is 0 Å². The molecule has 1 aromatic heterocycles. The van der Waals surface area contributed by atoms with Gasteiger partial charge in [0, 0.05) is 10.3 Å². The van der Waals surface area contributed by atoms with Crippen LogP contribution in [0.2, 0.25) is 0 Å². The van der Waals surface area contributed by atoms with Gasteiger partial charge in [-0.05, 0) is 29.0 Å². The van der Waals surface area contributed by atoms with Crippen molar-refractivity contribution in [2.45, 2.75) is 17.6 Å². The Morgan fingerprint density at radius 3 is 2.68 bits per heavy atom. The number of thiophene rings is 1. The Bertz CT molecular complexity index is 994. The average Bonchev–Trinajstić information content (AvgIpc) is 3.18. The molecule has 25 heavy (non-hydrogen) atoms. The molecule has 0 aliphatic carbocycles. The molecule has 0 amide bonds. The number of rotatable bonds is 6. The van der Waals surface area contributed by atoms with Crippen molar-refractivity contribution in [3.63, 3.8) is 0 Å². The van der Waals surface area contributed by atoms with E-state index in [1.807, 2.05) is 35.7 Å². The fraction of sp³-hybridized carbons (Fsp3) is 0.222. The number of nitrogens with zero attached hydrogens (tertiary/aromatic N) is 1. The van der Waals surface area contributed by atoms with E-state index in [0.717, 1.165) is 15.6 Å². The minimum absolute atomic E-state index is 0.0272. The molecule has 0 saturated heterocycles. The summed E-state index contributed by atoms with van der Waals surface area (Å²) in [5, 5.41) is 13.8. The molecule has 4 rings (SSSR count). The first kappa shape index (κ1) is 16.5. The first-order valence-electron chi connectivity index (χ1n) is 7.90. The highest BCUT2D eigenvalue weighted by Gasteiger charge is 2.36. The van der Waals surface area contributed by atoms with E-state index >= 15 is 0 Å². The number of anilines is 1. The van der Waals surface area contributed by atoms with E-state index in [4.69, 9.17) is 4.74 Å². The van der Waals surface area contributed by atoms with Gasteiger partial charge >= 0.3 is 0 Å². The lowest BCUT2D eigenvalue weighted by atomic mass is 10.1. The van der Waals surface area contributed by atoms with Crippen LogP contribution in [0, 0.1) is 0 Å². The highest BCUT2D eigenvalue weighted by Crippen LogP contribution is 2.41. The lowest BCUT2D eigenvalue weighted by Crippen LogP contribution is -2.37. The zero-order valence-electron chi connectivity index (χ0n) is 13.3. The molecule has 130 valence electrons. The molecule has 0 bridgehead atoms. The highest BCUT2D eigenvalue weighted by molar-refractivity contribution is 7.93. The van der Waals surface area contributed by atoms with Crippen molar-refractivity contribution in [1.29, 1.82) is 0 Å². The lowest BCUT2D eigenvalue weighted by Gasteiger charge is -2.22. The van der Waals surface area contributed by atoms with Crippen molar-refractivity contribution in [2.75, 3.05) is 17.5 Å². The molecule has 1 atom stereocenters. The van der Waals surface area contributed by atoms with E-state index in [-0.39, 0.29) is 13.2 Å². The first-order valence-corrected chi connectivity index (χ1v) is 10.2. The smallest absolute Gasteiger partial charge is 0.265 e. The van der Waals surface area contributed by atoms with Gasteiger partial charge in [-0.25, -0.2) is 8.42 Å². The van der Waals surface area contributed by atoms with Crippen LogP contribution in [0.1, 0.15) is 4.88 Å². The van der Waals surface area contributed by atoms with Crippen LogP contribution in [-0.2, 0) is 21.4 Å². The molecule has 0 radical (unpaired) electrons. The summed E-state index contributed by atoms with van der Waals surface area (Å²) in [4.78, 5) is 1.37. The summed E-state index contributed by atoms with van der Waals surface area (Å²) in [6.45, 7) is 0.466. The zero-order valence-corrected chi connectivity index (χ0v) is 15.0. The lowest BCUT2D eigenvalue weighted by molar-refractivity contribution is 0.0345. The second-order valence-electron chi connectivity index (χ2n) is 5.92. The van der Waals surface area contributed by atoms with Gasteiger partial charge < -0.3 is 9.84 Å². The molecule has 7 heteroatoms. The Morgan fingerprint density at radius 2 is 1.92 bits per heavy atom. The standard InChI is InChI=1S/C18H17NO4S2/c20-14(11-23-12-15-6-3-9-24-15)10-19-16-7-1-4-13-5-2-8-17(18(13)16)25(19,21)22/h1-9,14,20H,10-12H2. The number of β-amino-alcohol motifs (C(OH)–C–C–N with tert-alkyl or cyclic N) is 1. The quantitative estimate of drug-likeness (QED) is 0.719. The molecule has 1 unspecified atom stereocenters. The maximum absolute atomic E-state index is 12.8. The first-order chi connectivity index (χ1) is 12.1. The summed E-state index contributed by atoms with van der Waals surface area (Å²) in [6.07, 6.45) is -0.903. The molecule has 2 aromatic carbocycles. The van der Waals surface area contributed by atoms with E-state index in [1.165, 1.54) is 4.31 Å². The van der Waals surface area contributed by atoms with Gasteiger partial charge in [0.1, 0.15) is 0 Å². The van der Waals surface area contributed by atoms with E-state index in [1.54, 1.807) is 29.5 Å². The number of hydrogen-bond donors (Lipinski definition) is 1. The third kappa shape index (κ3) is 2.93. The number of aliphatic hydroxyl groups excluding tert-OH is 1. The van der Waals surface area contributed by atoms with Crippen molar-refractivity contribution < 1.29 is 18.3 Å². The van der Waals surface area contributed by atoms with Crippen LogP contribution in [0.5, 0.6) is 0 Å². The van der Waals surface area contributed by atoms with Gasteiger partial charge in [-0.15, -0.1) is 11.3 Å². The number of hydrogen-bond acceptors (Lipinski definition) is 5. The highest BCUT2D eigenvalue weighted by atomic mass is 32.2. The molecule has 2 heterocycles. The second kappa shape index (κ2) is 6.42. The third-order valence-electron chi connectivity index (χ3n) is 4.19. The fourth-order valence-corrected chi connectivity index (χ4v) is 5.48. The van der Waals surface area contributed by atoms with Crippen LogP contribution in [0.15, 0.2) is 58.8 Å². The van der Waals surface area contributed by atoms with E-state index < -0.39 is 16.1 Å². The summed E-state index contributed by atoms with van der Waals surface area (Å²) in [7, 11) is -3.64. The monoisotopic (exact) mass is 375 g/mol. The number of aliphatic hydroxyl groups is 1. The summed E-state index contributed by atoms with van der Waals surface area (Å²) in [5.41, 5.74) is 0.616. The van der Waals surface area contributed by atoms with Gasteiger partial charge in [0.25, 0.3) is 10.0 Å². The van der Waals surface area contributed by atoms with Crippen LogP contribution < -0.4 is 4.31 Å². The minimum atomic E-state index is -3.64. The average molecular weight is 375 g/mol. The SMILES string of the molecule is O=S1(=O)c2cccc3cccc(c23)N1CC(O)COCc1cccs1. The molecule has 0 fully saturated rings. The number of sulfonamides is 1. The van der Waals surface area contributed by atoms with Gasteiger partial charge in [0.05, 0.1) is 36.4 Å². The largest absolute Gasteiger partial charge is 0.389 e. The summed E-state index contributed by atoms with van der Waals surface area (Å²) in [5.74, 6) is 0. The molecule has 1 N–H and O–H groups in total. The predicted octanol–water partition coefficient (Wildman–Crippen LogP) is 2.99. The Balaban J connectivity index is 1.52. The molecular formula is C18H17NO4S2. The molecule has 0 spiro atoms. The predicted molar refractivity (Wildman–Crippen MR) is 98.5 cm³/mol. The molecule has 3 aromatic rings. The van der Waals surface area contributed by atoms with Crippen LogP contribution in [-0.4, -0.2) is 32.8 Å². The number of benzene rings is 2. The Hall–Kier alpha value is -1.93. The Kier molecular flexibility index (Phi) is 4.24. The molecular weight excluding hydrogens is 358 g/mol. The van der Waals surface area contributed by atoms with Crippen molar-refractivity contribution in [3.05, 3.63) is 58.8 Å². The van der Waals surface area contributed by atoms with E-state index in [0.29, 0.717) is 17.2 Å². The van der Waals surface area contributed by atoms with Gasteiger partial charge in [-0.1, -0.05) is 30.3 Å². The molecule has 1 aliphatic heterocycles. The fourth-order valence-electron chi connectivity index (χ4n) is 3.09. The topological polar surface area (TPSA) is 66.8 Å². The van der Waals surface area contributed by atoms with Crippen LogP contribution in [0.4, 0.5) is 5.69 Å². The Morgan fingerprint density at radius 1 is 1.12 bits per heavy atom. The Labute approximate surface area is 150 Å². The van der Waals surface area contributed by atoms with Gasteiger partial charge in [0.15, 0.2) is 0 Å². The van der Waals surface area contributed by atoms with Crippen LogP contribution in [0.3, 0.4) is 0 Å². The van der Waals surface area contributed by atoms with Gasteiger partial charge in [-0.2, -0.15) is 0 Å².